The molecule has 0 aromatic heterocycles. The van der Waals surface area contributed by atoms with Gasteiger partial charge in [0, 0.05) is 0 Å². The molecule has 0 bridgehead atoms. The third kappa shape index (κ3) is 5.48. The highest BCUT2D eigenvalue weighted by atomic mass is 14.4. The van der Waals surface area contributed by atoms with Gasteiger partial charge in [-0.1, -0.05) is 257 Å². The van der Waals surface area contributed by atoms with Gasteiger partial charge in [-0.3, -0.25) is 0 Å². The maximum Gasteiger partial charge on any atom is 0.172 e. The average molecular weight is 648 g/mol. The number of fused-ring (bicyclic) bond motifs is 1. The highest BCUT2D eigenvalue weighted by molar-refractivity contribution is 6.95. The van der Waals surface area contributed by atoms with Gasteiger partial charge in [0.1, 0.15) is 0 Å². The molecule has 0 fully saturated rings. The van der Waals surface area contributed by atoms with E-state index in [1.54, 1.807) is 0 Å². The Balaban J connectivity index is 1.52. The highest BCUT2D eigenvalue weighted by Crippen LogP contribution is 2.64. The maximum absolute atomic E-state index is 2.34. The van der Waals surface area contributed by atoms with Gasteiger partial charge in [0.25, 0.3) is 0 Å². The standard InChI is InChI=1S/C50H36B/c1-8-22-36(23-9-1)43-44(37-24-10-2-11-25-37)48(41-32-18-6-19-33-41)51-49(42-34-20-7-21-35-42)46(39-28-14-4-15-29-39)47(40-30-16-5-17-31-40)50(51)45(43)38-26-12-3-13-27-38/h1-35,49H/q-1. The van der Waals surface area contributed by atoms with Crippen LogP contribution in [0.5, 0.6) is 0 Å². The monoisotopic (exact) mass is 647 g/mol. The van der Waals surface area contributed by atoms with E-state index in [2.05, 4.69) is 212 Å². The van der Waals surface area contributed by atoms with Crippen LogP contribution in [0, 0.1) is 5.82 Å². The van der Waals surface area contributed by atoms with Crippen molar-refractivity contribution in [1.29, 1.82) is 0 Å². The van der Waals surface area contributed by atoms with Gasteiger partial charge in [0.15, 0.2) is 6.71 Å². The lowest BCUT2D eigenvalue weighted by Crippen LogP contribution is -2.34. The van der Waals surface area contributed by atoms with Gasteiger partial charge >= 0.3 is 0 Å². The van der Waals surface area contributed by atoms with Gasteiger partial charge in [-0.15, -0.1) is 17.0 Å². The Kier molecular flexibility index (Phi) is 8.16. The van der Waals surface area contributed by atoms with Crippen molar-refractivity contribution in [3.05, 3.63) is 257 Å². The number of hydrogen-bond acceptors (Lipinski definition) is 0. The molecule has 0 spiro atoms. The van der Waals surface area contributed by atoms with E-state index in [9.17, 15) is 0 Å². The minimum absolute atomic E-state index is 0.0260. The molecule has 0 aliphatic carbocycles. The lowest BCUT2D eigenvalue weighted by atomic mass is 9.26. The first-order chi connectivity index (χ1) is 25.4. The Hall–Kier alpha value is -6.31. The Labute approximate surface area is 301 Å². The molecule has 2 aliphatic rings. The van der Waals surface area contributed by atoms with Gasteiger partial charge < -0.3 is 0 Å². The van der Waals surface area contributed by atoms with Crippen molar-refractivity contribution in [3.63, 3.8) is 0 Å². The number of hydrogen-bond donors (Lipinski definition) is 0. The van der Waals surface area contributed by atoms with Crippen LogP contribution < -0.4 is 0 Å². The van der Waals surface area contributed by atoms with E-state index in [1.807, 2.05) is 0 Å². The molecule has 1 unspecified atom stereocenters. The van der Waals surface area contributed by atoms with Gasteiger partial charge in [0.2, 0.25) is 0 Å². The third-order valence-corrected chi connectivity index (χ3v) is 10.4. The minimum atomic E-state index is 0.0260. The summed E-state index contributed by atoms with van der Waals surface area (Å²) in [6.45, 7) is 0.0260. The zero-order valence-electron chi connectivity index (χ0n) is 28.4. The van der Waals surface area contributed by atoms with Crippen LogP contribution >= 0.6 is 0 Å². The lowest BCUT2D eigenvalue weighted by Gasteiger charge is -2.44. The van der Waals surface area contributed by atoms with E-state index < -0.39 is 0 Å². The fraction of sp³-hybridized carbons (Fsp3) is 0.0200. The molecule has 9 rings (SSSR count). The van der Waals surface area contributed by atoms with Crippen LogP contribution in [0.25, 0.3) is 33.3 Å². The van der Waals surface area contributed by atoms with Crippen LogP contribution in [0.3, 0.4) is 0 Å². The molecule has 7 aromatic carbocycles. The third-order valence-electron chi connectivity index (χ3n) is 10.4. The van der Waals surface area contributed by atoms with Crippen LogP contribution in [0.1, 0.15) is 44.8 Å². The first-order valence-electron chi connectivity index (χ1n) is 17.9. The molecule has 0 saturated heterocycles. The fourth-order valence-electron chi connectivity index (χ4n) is 8.45. The molecule has 2 heterocycles. The smallest absolute Gasteiger partial charge is 0.129 e. The largest absolute Gasteiger partial charge is 0.172 e. The lowest BCUT2D eigenvalue weighted by molar-refractivity contribution is 1.21. The molecule has 2 aliphatic heterocycles. The van der Waals surface area contributed by atoms with E-state index >= 15 is 0 Å². The Morgan fingerprint density at radius 1 is 0.314 bits per heavy atom. The minimum Gasteiger partial charge on any atom is -0.129 e. The summed E-state index contributed by atoms with van der Waals surface area (Å²) in [7, 11) is 0. The summed E-state index contributed by atoms with van der Waals surface area (Å²) < 4.78 is 0. The zero-order chi connectivity index (χ0) is 34.0. The molecule has 1 atom stereocenters. The van der Waals surface area contributed by atoms with Crippen molar-refractivity contribution in [2.45, 2.75) is 5.82 Å². The van der Waals surface area contributed by atoms with Crippen molar-refractivity contribution in [2.24, 2.45) is 0 Å². The van der Waals surface area contributed by atoms with E-state index in [4.69, 9.17) is 0 Å². The Morgan fingerprint density at radius 3 is 1.14 bits per heavy atom. The number of rotatable bonds is 7. The van der Waals surface area contributed by atoms with Crippen molar-refractivity contribution >= 4 is 40.1 Å². The van der Waals surface area contributed by atoms with Gasteiger partial charge in [-0.25, -0.2) is 0 Å². The van der Waals surface area contributed by atoms with Gasteiger partial charge in [-0.2, -0.15) is 0 Å². The fourth-order valence-corrected chi connectivity index (χ4v) is 8.45. The second kappa shape index (κ2) is 13.5. The topological polar surface area (TPSA) is 0 Å². The average Bonchev–Trinajstić information content (AvgIpc) is 3.58. The maximum atomic E-state index is 2.34. The van der Waals surface area contributed by atoms with E-state index in [1.165, 1.54) is 78.1 Å². The predicted octanol–water partition coefficient (Wildman–Crippen LogP) is 12.3. The first-order valence-corrected chi connectivity index (χ1v) is 17.9. The van der Waals surface area contributed by atoms with Crippen molar-refractivity contribution < 1.29 is 0 Å². The first kappa shape index (κ1) is 30.7. The van der Waals surface area contributed by atoms with Crippen molar-refractivity contribution in [2.75, 3.05) is 0 Å². The summed E-state index contributed by atoms with van der Waals surface area (Å²) in [5, 5.41) is 0. The van der Waals surface area contributed by atoms with Crippen molar-refractivity contribution in [1.82, 2.24) is 0 Å². The molecule has 0 saturated carbocycles. The van der Waals surface area contributed by atoms with Gasteiger partial charge in [0.05, 0.1) is 0 Å². The van der Waals surface area contributed by atoms with Gasteiger partial charge in [-0.05, 0) is 22.5 Å². The highest BCUT2D eigenvalue weighted by Gasteiger charge is 2.48. The summed E-state index contributed by atoms with van der Waals surface area (Å²) in [5.74, 6) is 1.45. The van der Waals surface area contributed by atoms with Crippen LogP contribution in [-0.2, 0) is 0 Å². The SMILES string of the molecule is c1ccc(C2=C(c3ccccc3)C(c3ccccc3)=C(c3ccccc3)[C-]3B2C(c2ccccc2)C(c2ccccc2)=C3c2ccccc2)cc1. The van der Waals surface area contributed by atoms with Crippen LogP contribution in [-0.4, -0.2) is 6.71 Å². The zero-order valence-corrected chi connectivity index (χ0v) is 28.4. The second-order valence-corrected chi connectivity index (χ2v) is 13.3. The van der Waals surface area contributed by atoms with Crippen LogP contribution in [0.4, 0.5) is 0 Å². The van der Waals surface area contributed by atoms with Crippen LogP contribution in [0.2, 0.25) is 0 Å². The molecule has 240 valence electrons. The number of benzene rings is 7. The summed E-state index contributed by atoms with van der Waals surface area (Å²) in [4.78, 5) is 0. The summed E-state index contributed by atoms with van der Waals surface area (Å²) in [5.41, 5.74) is 16.7. The van der Waals surface area contributed by atoms with Crippen molar-refractivity contribution in [3.8, 4) is 0 Å². The summed E-state index contributed by atoms with van der Waals surface area (Å²) in [6, 6.07) is 77.9. The molecular formula is C50H36B-. The Bertz CT molecular complexity index is 2360. The molecule has 51 heavy (non-hydrogen) atoms. The van der Waals surface area contributed by atoms with E-state index in [0.29, 0.717) is 0 Å². The molecule has 0 amide bonds. The normalized spacial score (nSPS) is 15.7. The summed E-state index contributed by atoms with van der Waals surface area (Å²) >= 11 is 0. The Morgan fingerprint density at radius 2 is 0.667 bits per heavy atom. The van der Waals surface area contributed by atoms with E-state index in [-0.39, 0.29) is 12.5 Å². The molecule has 0 radical (unpaired) electrons. The predicted molar refractivity (Wildman–Crippen MR) is 217 cm³/mol. The quantitative estimate of drug-likeness (QED) is 0.119. The van der Waals surface area contributed by atoms with Crippen LogP contribution in [0.15, 0.2) is 212 Å². The molecule has 0 N–H and O–H groups in total. The number of allylic oxidation sites excluding steroid dienone is 5. The summed E-state index contributed by atoms with van der Waals surface area (Å²) in [6.07, 6.45) is 0. The molecule has 1 heteroatoms. The van der Waals surface area contributed by atoms with E-state index in [0.717, 1.165) is 0 Å². The molecular weight excluding hydrogens is 611 g/mol. The second-order valence-electron chi connectivity index (χ2n) is 13.3. The molecule has 0 nitrogen and oxygen atoms in total. The molecule has 7 aromatic rings.